The number of carbonyl (C=O) groups is 1. The lowest BCUT2D eigenvalue weighted by Crippen LogP contribution is -2.30. The Bertz CT molecular complexity index is 1120. The number of benzene rings is 1. The summed E-state index contributed by atoms with van der Waals surface area (Å²) < 4.78 is 1.92. The van der Waals surface area contributed by atoms with Crippen molar-refractivity contribution in [1.82, 2.24) is 24.9 Å². The van der Waals surface area contributed by atoms with Crippen LogP contribution in [0.5, 0.6) is 0 Å². The number of thioether (sulfide) groups is 1. The number of nitrogens with one attached hydrogen (secondary N) is 1. The molecule has 0 saturated carbocycles. The molecule has 0 radical (unpaired) electrons. The summed E-state index contributed by atoms with van der Waals surface area (Å²) >= 11 is 3.21. The molecule has 8 heteroatoms. The van der Waals surface area contributed by atoms with Crippen molar-refractivity contribution in [3.05, 3.63) is 71.1 Å². The van der Waals surface area contributed by atoms with Crippen molar-refractivity contribution in [1.29, 1.82) is 0 Å². The first kappa shape index (κ1) is 19.6. The Labute approximate surface area is 177 Å². The van der Waals surface area contributed by atoms with Crippen LogP contribution >= 0.6 is 23.1 Å². The van der Waals surface area contributed by atoms with Crippen LogP contribution in [-0.4, -0.2) is 37.5 Å². The van der Waals surface area contributed by atoms with Crippen LogP contribution < -0.4 is 5.32 Å². The fourth-order valence-corrected chi connectivity index (χ4v) is 4.32. The zero-order valence-corrected chi connectivity index (χ0v) is 17.8. The maximum atomic E-state index is 12.9. The van der Waals surface area contributed by atoms with Gasteiger partial charge < -0.3 is 5.32 Å². The number of pyridine rings is 1. The fraction of sp³-hybridized carbons (Fsp3) is 0.238. The highest BCUT2D eigenvalue weighted by Crippen LogP contribution is 2.25. The van der Waals surface area contributed by atoms with E-state index in [9.17, 15) is 4.79 Å². The smallest absolute Gasteiger partial charge is 0.271 e. The Morgan fingerprint density at radius 2 is 2.03 bits per heavy atom. The number of nitrogens with zero attached hydrogens (tertiary/aromatic N) is 4. The van der Waals surface area contributed by atoms with Gasteiger partial charge in [-0.05, 0) is 37.5 Å². The predicted octanol–water partition coefficient (Wildman–Crippen LogP) is 4.39. The van der Waals surface area contributed by atoms with E-state index < -0.39 is 0 Å². The lowest BCUT2D eigenvalue weighted by atomic mass is 10.2. The summed E-state index contributed by atoms with van der Waals surface area (Å²) in [6.45, 7) is 2.05. The summed E-state index contributed by atoms with van der Waals surface area (Å²) in [4.78, 5) is 17.5. The lowest BCUT2D eigenvalue weighted by Gasteiger charge is -2.16. The second-order valence-electron chi connectivity index (χ2n) is 6.70. The number of thiazole rings is 1. The largest absolute Gasteiger partial charge is 0.341 e. The summed E-state index contributed by atoms with van der Waals surface area (Å²) in [5, 5.41) is 14.3. The Kier molecular flexibility index (Phi) is 5.92. The van der Waals surface area contributed by atoms with Gasteiger partial charge in [0, 0.05) is 17.1 Å². The fourth-order valence-electron chi connectivity index (χ4n) is 3.04. The number of aryl methyl sites for hydroxylation is 1. The van der Waals surface area contributed by atoms with Gasteiger partial charge in [-0.25, -0.2) is 4.98 Å². The van der Waals surface area contributed by atoms with Crippen LogP contribution in [0.2, 0.25) is 0 Å². The molecule has 0 aliphatic carbocycles. The standard InChI is InChI=1S/C21H21N5OS2/c1-14-6-8-15(9-7-14)21-23-17(13-29-21)20(27)22-16(10-12-28-2)19-25-24-18-5-3-4-11-26(18)19/h3-9,11,13,16H,10,12H2,1-2H3,(H,22,27). The van der Waals surface area contributed by atoms with Crippen LogP contribution in [0.15, 0.2) is 54.0 Å². The van der Waals surface area contributed by atoms with Crippen LogP contribution in [0.1, 0.15) is 34.3 Å². The van der Waals surface area contributed by atoms with Crippen LogP contribution in [0, 0.1) is 6.92 Å². The molecule has 148 valence electrons. The monoisotopic (exact) mass is 423 g/mol. The van der Waals surface area contributed by atoms with Gasteiger partial charge in [0.15, 0.2) is 11.5 Å². The number of fused-ring (bicyclic) bond motifs is 1. The molecule has 0 fully saturated rings. The van der Waals surface area contributed by atoms with Gasteiger partial charge in [-0.1, -0.05) is 35.9 Å². The van der Waals surface area contributed by atoms with E-state index in [2.05, 4.69) is 26.8 Å². The molecule has 1 atom stereocenters. The van der Waals surface area contributed by atoms with E-state index in [1.54, 1.807) is 17.1 Å². The third kappa shape index (κ3) is 4.33. The molecule has 1 amide bonds. The lowest BCUT2D eigenvalue weighted by molar-refractivity contribution is 0.0929. The number of aromatic nitrogens is 4. The molecule has 0 bridgehead atoms. The van der Waals surface area contributed by atoms with Gasteiger partial charge in [-0.15, -0.1) is 21.5 Å². The minimum atomic E-state index is -0.239. The zero-order chi connectivity index (χ0) is 20.2. The molecule has 6 nitrogen and oxygen atoms in total. The molecule has 1 N–H and O–H groups in total. The Morgan fingerprint density at radius 1 is 1.21 bits per heavy atom. The second kappa shape index (κ2) is 8.75. The normalized spacial score (nSPS) is 12.2. The minimum Gasteiger partial charge on any atom is -0.341 e. The Hall–Kier alpha value is -2.71. The van der Waals surface area contributed by atoms with Crippen molar-refractivity contribution in [3.8, 4) is 10.6 Å². The first-order valence-corrected chi connectivity index (χ1v) is 11.5. The molecule has 1 unspecified atom stereocenters. The van der Waals surface area contributed by atoms with E-state index in [4.69, 9.17) is 0 Å². The highest BCUT2D eigenvalue weighted by molar-refractivity contribution is 7.98. The SMILES string of the molecule is CSCCC(NC(=O)c1csc(-c2ccc(C)cc2)n1)c1nnc2ccccn12. The number of rotatable bonds is 7. The van der Waals surface area contributed by atoms with Gasteiger partial charge >= 0.3 is 0 Å². The number of carbonyl (C=O) groups excluding carboxylic acids is 1. The molecule has 0 saturated heterocycles. The third-order valence-electron chi connectivity index (χ3n) is 4.60. The van der Waals surface area contributed by atoms with E-state index in [0.717, 1.165) is 34.2 Å². The Morgan fingerprint density at radius 3 is 2.83 bits per heavy atom. The maximum absolute atomic E-state index is 12.9. The summed E-state index contributed by atoms with van der Waals surface area (Å²) in [6.07, 6.45) is 4.73. The van der Waals surface area contributed by atoms with Crippen LogP contribution in [0.25, 0.3) is 16.2 Å². The van der Waals surface area contributed by atoms with E-state index in [1.807, 2.05) is 60.0 Å². The highest BCUT2D eigenvalue weighted by atomic mass is 32.2. The molecule has 0 spiro atoms. The van der Waals surface area contributed by atoms with Gasteiger partial charge in [0.05, 0.1) is 6.04 Å². The zero-order valence-electron chi connectivity index (χ0n) is 16.2. The van der Waals surface area contributed by atoms with Gasteiger partial charge in [-0.2, -0.15) is 11.8 Å². The molecular weight excluding hydrogens is 402 g/mol. The van der Waals surface area contributed by atoms with E-state index in [1.165, 1.54) is 16.9 Å². The van der Waals surface area contributed by atoms with Crippen LogP contribution in [0.3, 0.4) is 0 Å². The van der Waals surface area contributed by atoms with Crippen molar-refractivity contribution in [2.75, 3.05) is 12.0 Å². The van der Waals surface area contributed by atoms with Crippen molar-refractivity contribution >= 4 is 34.7 Å². The van der Waals surface area contributed by atoms with E-state index >= 15 is 0 Å². The molecule has 0 aliphatic heterocycles. The molecule has 4 aromatic rings. The first-order valence-electron chi connectivity index (χ1n) is 9.28. The number of hydrogen-bond acceptors (Lipinski definition) is 6. The third-order valence-corrected chi connectivity index (χ3v) is 6.14. The van der Waals surface area contributed by atoms with E-state index in [0.29, 0.717) is 5.69 Å². The molecule has 1 aromatic carbocycles. The molecule has 0 aliphatic rings. The van der Waals surface area contributed by atoms with Gasteiger partial charge in [0.1, 0.15) is 10.7 Å². The molecular formula is C21H21N5OS2. The maximum Gasteiger partial charge on any atom is 0.271 e. The van der Waals surface area contributed by atoms with Gasteiger partial charge in [0.2, 0.25) is 0 Å². The minimum absolute atomic E-state index is 0.196. The summed E-state index contributed by atoms with van der Waals surface area (Å²) in [5.41, 5.74) is 3.40. The predicted molar refractivity (Wildman–Crippen MR) is 118 cm³/mol. The average molecular weight is 424 g/mol. The molecule has 3 aromatic heterocycles. The molecule has 3 heterocycles. The van der Waals surface area contributed by atoms with E-state index in [-0.39, 0.29) is 11.9 Å². The highest BCUT2D eigenvalue weighted by Gasteiger charge is 2.22. The average Bonchev–Trinajstić information content (AvgIpc) is 3.39. The van der Waals surface area contributed by atoms with Crippen molar-refractivity contribution in [3.63, 3.8) is 0 Å². The second-order valence-corrected chi connectivity index (χ2v) is 8.54. The summed E-state index contributed by atoms with van der Waals surface area (Å²) in [7, 11) is 0. The first-order chi connectivity index (χ1) is 14.2. The van der Waals surface area contributed by atoms with Crippen LogP contribution in [0.4, 0.5) is 0 Å². The van der Waals surface area contributed by atoms with Gasteiger partial charge in [0.25, 0.3) is 5.91 Å². The number of hydrogen-bond donors (Lipinski definition) is 1. The molecule has 29 heavy (non-hydrogen) atoms. The quantitative estimate of drug-likeness (QED) is 0.477. The summed E-state index contributed by atoms with van der Waals surface area (Å²) in [6, 6.07) is 13.7. The van der Waals surface area contributed by atoms with Crippen LogP contribution in [-0.2, 0) is 0 Å². The van der Waals surface area contributed by atoms with Crippen molar-refractivity contribution in [2.24, 2.45) is 0 Å². The van der Waals surface area contributed by atoms with Crippen molar-refractivity contribution in [2.45, 2.75) is 19.4 Å². The Balaban J connectivity index is 1.56. The number of amides is 1. The molecule has 4 rings (SSSR count). The van der Waals surface area contributed by atoms with Crippen molar-refractivity contribution < 1.29 is 4.79 Å². The summed E-state index contributed by atoms with van der Waals surface area (Å²) in [5.74, 6) is 1.44. The topological polar surface area (TPSA) is 72.2 Å². The van der Waals surface area contributed by atoms with Gasteiger partial charge in [-0.3, -0.25) is 9.20 Å².